The Morgan fingerprint density at radius 1 is 1.45 bits per heavy atom. The average Bonchev–Trinajstić information content (AvgIpc) is 2.47. The van der Waals surface area contributed by atoms with Gasteiger partial charge in [0.1, 0.15) is 17.4 Å². The van der Waals surface area contributed by atoms with Crippen molar-refractivity contribution in [2.75, 3.05) is 12.3 Å². The number of nitrogens with two attached hydrogens (primary N) is 1. The summed E-state index contributed by atoms with van der Waals surface area (Å²) in [5, 5.41) is 20.7. The smallest absolute Gasteiger partial charge is 0.329 e. The minimum absolute atomic E-state index is 0.0773. The van der Waals surface area contributed by atoms with Crippen LogP contribution in [-0.2, 0) is 4.79 Å². The third-order valence-electron chi connectivity index (χ3n) is 3.39. The van der Waals surface area contributed by atoms with Crippen molar-refractivity contribution >= 4 is 17.6 Å². The molecule has 1 atom stereocenters. The number of carboxylic acid groups (broad SMARTS) is 1. The number of amides is 1. The van der Waals surface area contributed by atoms with Crippen LogP contribution in [0.3, 0.4) is 0 Å². The standard InChI is InChI=1S/C15H19N3O4/c1-4-15(3,14(20)21)18-13(19)10-6-9(8-16)11(17)7-12(10)22-5-2/h6-7H,4-5,17H2,1-3H3,(H,18,19)(H,20,21)/t15-/m1/s1. The molecular formula is C15H19N3O4. The van der Waals surface area contributed by atoms with Gasteiger partial charge in [-0.25, -0.2) is 4.79 Å². The van der Waals surface area contributed by atoms with Crippen LogP contribution < -0.4 is 15.8 Å². The molecule has 4 N–H and O–H groups in total. The number of nitrogens with zero attached hydrogens (tertiary/aromatic N) is 1. The van der Waals surface area contributed by atoms with Gasteiger partial charge in [0, 0.05) is 6.07 Å². The lowest BCUT2D eigenvalue weighted by Crippen LogP contribution is -2.51. The Morgan fingerprint density at radius 2 is 2.09 bits per heavy atom. The molecule has 0 radical (unpaired) electrons. The van der Waals surface area contributed by atoms with Crippen molar-refractivity contribution in [3.05, 3.63) is 23.3 Å². The van der Waals surface area contributed by atoms with E-state index < -0.39 is 17.4 Å². The number of aliphatic carboxylic acids is 1. The fraction of sp³-hybridized carbons (Fsp3) is 0.400. The van der Waals surface area contributed by atoms with Crippen molar-refractivity contribution < 1.29 is 19.4 Å². The van der Waals surface area contributed by atoms with Gasteiger partial charge in [-0.15, -0.1) is 0 Å². The predicted octanol–water partition coefficient (Wildman–Crippen LogP) is 1.52. The second-order valence-corrected chi connectivity index (χ2v) is 4.93. The van der Waals surface area contributed by atoms with Crippen LogP contribution in [0, 0.1) is 11.3 Å². The van der Waals surface area contributed by atoms with Crippen molar-refractivity contribution in [1.29, 1.82) is 5.26 Å². The lowest BCUT2D eigenvalue weighted by Gasteiger charge is -2.25. The van der Waals surface area contributed by atoms with E-state index in [4.69, 9.17) is 15.7 Å². The van der Waals surface area contributed by atoms with Crippen molar-refractivity contribution in [1.82, 2.24) is 5.32 Å². The van der Waals surface area contributed by atoms with Gasteiger partial charge in [-0.3, -0.25) is 4.79 Å². The predicted molar refractivity (Wildman–Crippen MR) is 80.5 cm³/mol. The maximum atomic E-state index is 12.4. The first-order valence-electron chi connectivity index (χ1n) is 6.81. The Labute approximate surface area is 128 Å². The number of carbonyl (C=O) groups is 2. The molecule has 0 fully saturated rings. The molecule has 7 nitrogen and oxygen atoms in total. The fourth-order valence-electron chi connectivity index (χ4n) is 1.76. The van der Waals surface area contributed by atoms with Crippen LogP contribution in [0.1, 0.15) is 43.1 Å². The molecule has 0 aromatic heterocycles. The van der Waals surface area contributed by atoms with E-state index in [-0.39, 0.29) is 29.0 Å². The quantitative estimate of drug-likeness (QED) is 0.684. The maximum absolute atomic E-state index is 12.4. The Morgan fingerprint density at radius 3 is 2.55 bits per heavy atom. The first kappa shape index (κ1) is 17.3. The van der Waals surface area contributed by atoms with Crippen LogP contribution in [0.5, 0.6) is 5.75 Å². The van der Waals surface area contributed by atoms with E-state index in [0.717, 1.165) is 0 Å². The third kappa shape index (κ3) is 3.47. The van der Waals surface area contributed by atoms with Crippen molar-refractivity contribution in [2.24, 2.45) is 0 Å². The monoisotopic (exact) mass is 305 g/mol. The third-order valence-corrected chi connectivity index (χ3v) is 3.39. The number of hydrogen-bond acceptors (Lipinski definition) is 5. The van der Waals surface area contributed by atoms with E-state index in [1.165, 1.54) is 19.1 Å². The molecule has 1 aromatic rings. The topological polar surface area (TPSA) is 125 Å². The lowest BCUT2D eigenvalue weighted by molar-refractivity contribution is -0.143. The number of carboxylic acids is 1. The van der Waals surface area contributed by atoms with Crippen LogP contribution in [0.25, 0.3) is 0 Å². The molecule has 118 valence electrons. The highest BCUT2D eigenvalue weighted by molar-refractivity contribution is 6.00. The SMILES string of the molecule is CCOc1cc(N)c(C#N)cc1C(=O)N[C@](C)(CC)C(=O)O. The normalized spacial score (nSPS) is 12.8. The first-order valence-corrected chi connectivity index (χ1v) is 6.81. The molecule has 1 amide bonds. The first-order chi connectivity index (χ1) is 10.3. The van der Waals surface area contributed by atoms with E-state index in [0.29, 0.717) is 6.61 Å². The largest absolute Gasteiger partial charge is 0.493 e. The van der Waals surface area contributed by atoms with Gasteiger partial charge >= 0.3 is 5.97 Å². The molecule has 1 rings (SSSR count). The van der Waals surface area contributed by atoms with Gasteiger partial charge in [0.15, 0.2) is 0 Å². The number of nitrogens with one attached hydrogen (secondary N) is 1. The molecule has 0 heterocycles. The van der Waals surface area contributed by atoms with Crippen molar-refractivity contribution in [3.8, 4) is 11.8 Å². The molecule has 7 heteroatoms. The van der Waals surface area contributed by atoms with E-state index in [1.807, 2.05) is 6.07 Å². The van der Waals surface area contributed by atoms with Gasteiger partial charge in [-0.05, 0) is 26.3 Å². The molecule has 0 unspecified atom stereocenters. The molecule has 22 heavy (non-hydrogen) atoms. The Kier molecular flexibility index (Phi) is 5.35. The zero-order valence-electron chi connectivity index (χ0n) is 12.8. The molecular weight excluding hydrogens is 286 g/mol. The van der Waals surface area contributed by atoms with Crippen LogP contribution in [0.15, 0.2) is 12.1 Å². The van der Waals surface area contributed by atoms with Gasteiger partial charge in [0.25, 0.3) is 5.91 Å². The lowest BCUT2D eigenvalue weighted by atomic mass is 9.98. The summed E-state index contributed by atoms with van der Waals surface area (Å²) in [6.07, 6.45) is 0.206. The minimum atomic E-state index is -1.41. The van der Waals surface area contributed by atoms with Gasteiger partial charge in [-0.1, -0.05) is 6.92 Å². The van der Waals surface area contributed by atoms with Crippen LogP contribution in [-0.4, -0.2) is 29.1 Å². The highest BCUT2D eigenvalue weighted by Gasteiger charge is 2.34. The summed E-state index contributed by atoms with van der Waals surface area (Å²) in [7, 11) is 0. The second kappa shape index (κ2) is 6.80. The molecule has 0 saturated carbocycles. The summed E-state index contributed by atoms with van der Waals surface area (Å²) in [5.74, 6) is -1.57. The highest BCUT2D eigenvalue weighted by atomic mass is 16.5. The summed E-state index contributed by atoms with van der Waals surface area (Å²) < 4.78 is 5.35. The Hall–Kier alpha value is -2.75. The highest BCUT2D eigenvalue weighted by Crippen LogP contribution is 2.26. The van der Waals surface area contributed by atoms with Crippen LogP contribution >= 0.6 is 0 Å². The fourth-order valence-corrected chi connectivity index (χ4v) is 1.76. The van der Waals surface area contributed by atoms with Gasteiger partial charge in [0.2, 0.25) is 0 Å². The van der Waals surface area contributed by atoms with E-state index in [9.17, 15) is 14.7 Å². The molecule has 0 spiro atoms. The molecule has 0 aliphatic heterocycles. The number of nitrogen functional groups attached to an aromatic ring is 1. The van der Waals surface area contributed by atoms with Crippen molar-refractivity contribution in [2.45, 2.75) is 32.7 Å². The van der Waals surface area contributed by atoms with Crippen LogP contribution in [0.4, 0.5) is 5.69 Å². The number of nitriles is 1. The number of anilines is 1. The summed E-state index contributed by atoms with van der Waals surface area (Å²) in [6, 6.07) is 4.57. The van der Waals surface area contributed by atoms with E-state index >= 15 is 0 Å². The molecule has 0 aliphatic carbocycles. The second-order valence-electron chi connectivity index (χ2n) is 4.93. The number of rotatable bonds is 6. The molecule has 0 aliphatic rings. The molecule has 1 aromatic carbocycles. The maximum Gasteiger partial charge on any atom is 0.329 e. The Balaban J connectivity index is 3.27. The molecule has 0 bridgehead atoms. The molecule has 0 saturated heterocycles. The summed E-state index contributed by atoms with van der Waals surface area (Å²) >= 11 is 0. The summed E-state index contributed by atoms with van der Waals surface area (Å²) in [6.45, 7) is 5.11. The van der Waals surface area contributed by atoms with E-state index in [1.54, 1.807) is 13.8 Å². The average molecular weight is 305 g/mol. The van der Waals surface area contributed by atoms with Crippen LogP contribution in [0.2, 0.25) is 0 Å². The van der Waals surface area contributed by atoms with E-state index in [2.05, 4.69) is 5.32 Å². The number of hydrogen-bond donors (Lipinski definition) is 3. The minimum Gasteiger partial charge on any atom is -0.493 e. The summed E-state index contributed by atoms with van der Waals surface area (Å²) in [4.78, 5) is 23.7. The van der Waals surface area contributed by atoms with Gasteiger partial charge < -0.3 is 20.9 Å². The zero-order chi connectivity index (χ0) is 16.9. The Bertz CT molecular complexity index is 636. The van der Waals surface area contributed by atoms with Crippen molar-refractivity contribution in [3.63, 3.8) is 0 Å². The number of benzene rings is 1. The number of carbonyl (C=O) groups excluding carboxylic acids is 1. The van der Waals surface area contributed by atoms with Gasteiger partial charge in [0.05, 0.1) is 23.4 Å². The zero-order valence-corrected chi connectivity index (χ0v) is 12.8. The number of ether oxygens (including phenoxy) is 1. The van der Waals surface area contributed by atoms with Gasteiger partial charge in [-0.2, -0.15) is 5.26 Å². The summed E-state index contributed by atoms with van der Waals surface area (Å²) in [5.41, 5.74) is 4.69.